The zero-order chi connectivity index (χ0) is 10.2. The number of hydrogen-bond donors (Lipinski definition) is 1. The van der Waals surface area contributed by atoms with E-state index < -0.39 is 27.8 Å². The van der Waals surface area contributed by atoms with E-state index in [1.165, 1.54) is 0 Å². The Morgan fingerprint density at radius 2 is 1.08 bits per heavy atom. The van der Waals surface area contributed by atoms with Gasteiger partial charge in [0.25, 0.3) is 0 Å². The molecule has 0 amide bonds. The predicted octanol–water partition coefficient (Wildman–Crippen LogP) is 0.474. The standard InChI is InChI=1S/C2HF6NO2S.K/c3-1(4,5)9(12(10)11)2(6,7)8;/h12H;. The van der Waals surface area contributed by atoms with Crippen LogP contribution >= 0.6 is 0 Å². The molecule has 0 rings (SSSR count). The molecule has 0 aromatic carbocycles. The van der Waals surface area contributed by atoms with Crippen LogP contribution in [0.5, 0.6) is 0 Å². The summed E-state index contributed by atoms with van der Waals surface area (Å²) in [5.41, 5.74) is 0. The first kappa shape index (κ1) is 16.6. The van der Waals surface area contributed by atoms with E-state index >= 15 is 0 Å². The summed E-state index contributed by atoms with van der Waals surface area (Å²) < 4.78 is 84.3. The Morgan fingerprint density at radius 1 is 0.846 bits per heavy atom. The van der Waals surface area contributed by atoms with Crippen LogP contribution in [0, 0.1) is 0 Å². The molecular formula is C2HF6KNO2S. The van der Waals surface area contributed by atoms with Crippen molar-refractivity contribution in [2.24, 2.45) is 0 Å². The zero-order valence-corrected chi connectivity index (χ0v) is 10.00. The summed E-state index contributed by atoms with van der Waals surface area (Å²) in [6.07, 6.45) is -11.9. The van der Waals surface area contributed by atoms with Crippen LogP contribution in [0.3, 0.4) is 0 Å². The maximum atomic E-state index is 11.3. The molecule has 0 fully saturated rings. The Morgan fingerprint density at radius 3 is 1.08 bits per heavy atom. The van der Waals surface area contributed by atoms with Crippen molar-refractivity contribution in [3.8, 4) is 0 Å². The molecule has 75 valence electrons. The maximum absolute atomic E-state index is 11.3. The van der Waals surface area contributed by atoms with Gasteiger partial charge in [-0.1, -0.05) is 0 Å². The van der Waals surface area contributed by atoms with Gasteiger partial charge in [0.2, 0.25) is 10.9 Å². The molecule has 3 nitrogen and oxygen atoms in total. The van der Waals surface area contributed by atoms with Crippen LogP contribution in [0.1, 0.15) is 0 Å². The molecule has 0 N–H and O–H groups in total. The molecule has 11 heteroatoms. The summed E-state index contributed by atoms with van der Waals surface area (Å²) in [6, 6.07) is 0. The third kappa shape index (κ3) is 5.54. The molecule has 0 aromatic heterocycles. The van der Waals surface area contributed by atoms with E-state index in [0.29, 0.717) is 0 Å². The molecule has 0 aliphatic heterocycles. The molecule has 0 saturated heterocycles. The number of thiol groups is 1. The minimum Gasteiger partial charge on any atom is -0.215 e. The molecule has 0 atom stereocenters. The van der Waals surface area contributed by atoms with Crippen molar-refractivity contribution in [2.75, 3.05) is 0 Å². The first-order valence-electron chi connectivity index (χ1n) is 2.15. The second-order valence-electron chi connectivity index (χ2n) is 1.49. The van der Waals surface area contributed by atoms with Crippen LogP contribution in [0.25, 0.3) is 0 Å². The van der Waals surface area contributed by atoms with E-state index in [4.69, 9.17) is 0 Å². The molecule has 0 spiro atoms. The van der Waals surface area contributed by atoms with Crippen molar-refractivity contribution in [3.05, 3.63) is 0 Å². The quantitative estimate of drug-likeness (QED) is 0.320. The monoisotopic (exact) mass is 256 g/mol. The van der Waals surface area contributed by atoms with Crippen molar-refractivity contribution in [3.63, 3.8) is 0 Å². The largest absolute Gasteiger partial charge is 0.480 e. The number of nitrogens with zero attached hydrogens (tertiary/aromatic N) is 1. The minimum absolute atomic E-state index is 0. The Labute approximate surface area is 113 Å². The van der Waals surface area contributed by atoms with Gasteiger partial charge in [-0.25, -0.2) is 8.42 Å². The normalized spacial score (nSPS) is 13.2. The molecule has 1 radical (unpaired) electrons. The van der Waals surface area contributed by atoms with Crippen LogP contribution in [0.4, 0.5) is 26.3 Å². The predicted molar refractivity (Wildman–Crippen MR) is 30.0 cm³/mol. The smallest absolute Gasteiger partial charge is 0.215 e. The van der Waals surface area contributed by atoms with Gasteiger partial charge in [-0.3, -0.25) is 0 Å². The fourth-order valence-electron chi connectivity index (χ4n) is 0.329. The Balaban J connectivity index is 0. The van der Waals surface area contributed by atoms with Crippen LogP contribution in [-0.2, 0) is 10.9 Å². The third-order valence-corrected chi connectivity index (χ3v) is 1.42. The number of alkyl halides is 6. The summed E-state index contributed by atoms with van der Waals surface area (Å²) in [5.74, 6) is 0. The van der Waals surface area contributed by atoms with Crippen LogP contribution < -0.4 is 0 Å². The summed E-state index contributed by atoms with van der Waals surface area (Å²) in [6.45, 7) is 0. The van der Waals surface area contributed by atoms with Crippen LogP contribution in [0.2, 0.25) is 0 Å². The van der Waals surface area contributed by atoms with Crippen molar-refractivity contribution >= 4 is 62.3 Å². The maximum Gasteiger partial charge on any atom is 0.480 e. The van der Waals surface area contributed by atoms with Crippen LogP contribution in [0.15, 0.2) is 0 Å². The van der Waals surface area contributed by atoms with Crippen molar-refractivity contribution in [2.45, 2.75) is 12.6 Å². The van der Waals surface area contributed by atoms with Gasteiger partial charge in [-0.2, -0.15) is 26.3 Å². The third-order valence-electron chi connectivity index (χ3n) is 0.644. The number of hydrogen-bond acceptors (Lipinski definition) is 2. The fourth-order valence-corrected chi connectivity index (χ4v) is 0.699. The second-order valence-corrected chi connectivity index (χ2v) is 2.36. The Hall–Kier alpha value is 1.13. The van der Waals surface area contributed by atoms with Gasteiger partial charge in [-0.15, -0.1) is 0 Å². The summed E-state index contributed by atoms with van der Waals surface area (Å²) in [7, 11) is -4.76. The zero-order valence-electron chi connectivity index (χ0n) is 5.98. The minimum atomic E-state index is -5.96. The van der Waals surface area contributed by atoms with Crippen molar-refractivity contribution in [1.82, 2.24) is 4.31 Å². The molecule has 0 bridgehead atoms. The molecule has 0 unspecified atom stereocenters. The van der Waals surface area contributed by atoms with E-state index in [0.717, 1.165) is 0 Å². The molecule has 0 aliphatic rings. The van der Waals surface area contributed by atoms with E-state index in [9.17, 15) is 34.8 Å². The van der Waals surface area contributed by atoms with Gasteiger partial charge in [-0.05, 0) is 4.31 Å². The Kier molecular flexibility index (Phi) is 6.72. The molecule has 0 saturated carbocycles. The first-order valence-corrected chi connectivity index (χ1v) is 3.28. The average Bonchev–Trinajstić information content (AvgIpc) is 1.49. The van der Waals surface area contributed by atoms with E-state index in [1.807, 2.05) is 0 Å². The summed E-state index contributed by atoms with van der Waals surface area (Å²) in [5, 5.41) is 0. The number of halogens is 6. The molecule has 0 aromatic rings. The molecular weight excluding hydrogens is 255 g/mol. The molecule has 0 aliphatic carbocycles. The van der Waals surface area contributed by atoms with E-state index in [2.05, 4.69) is 0 Å². The average molecular weight is 256 g/mol. The fraction of sp³-hybridized carbons (Fsp3) is 1.00. The van der Waals surface area contributed by atoms with Crippen molar-refractivity contribution < 1.29 is 34.8 Å². The van der Waals surface area contributed by atoms with Gasteiger partial charge in [0.05, 0.1) is 0 Å². The van der Waals surface area contributed by atoms with Crippen LogP contribution in [-0.4, -0.2) is 76.7 Å². The van der Waals surface area contributed by atoms with Gasteiger partial charge in [0.1, 0.15) is 0 Å². The van der Waals surface area contributed by atoms with Gasteiger partial charge in [0.15, 0.2) is 0 Å². The van der Waals surface area contributed by atoms with E-state index in [-0.39, 0.29) is 51.4 Å². The molecule has 13 heavy (non-hydrogen) atoms. The van der Waals surface area contributed by atoms with E-state index in [1.54, 1.807) is 0 Å². The topological polar surface area (TPSA) is 37.4 Å². The number of rotatable bonds is 1. The van der Waals surface area contributed by atoms with Gasteiger partial charge >= 0.3 is 12.6 Å². The summed E-state index contributed by atoms with van der Waals surface area (Å²) in [4.78, 5) is 0. The summed E-state index contributed by atoms with van der Waals surface area (Å²) >= 11 is 0. The van der Waals surface area contributed by atoms with Gasteiger partial charge < -0.3 is 0 Å². The Bertz CT molecular complexity index is 210. The first-order chi connectivity index (χ1) is 5.07. The second kappa shape index (κ2) is 5.28. The van der Waals surface area contributed by atoms with Gasteiger partial charge in [0, 0.05) is 51.4 Å². The van der Waals surface area contributed by atoms with Crippen molar-refractivity contribution in [1.29, 1.82) is 0 Å². The molecule has 0 heterocycles. The SMILES string of the molecule is O=[SH](=O)N(C(F)(F)F)C(F)(F)F.[K].